The van der Waals surface area contributed by atoms with Gasteiger partial charge in [-0.15, -0.1) is 0 Å². The highest BCUT2D eigenvalue weighted by atomic mass is 16.2. The first-order valence-electron chi connectivity index (χ1n) is 7.13. The molecule has 1 aromatic rings. The lowest BCUT2D eigenvalue weighted by molar-refractivity contribution is -0.117. The minimum atomic E-state index is 0.212. The van der Waals surface area contributed by atoms with Crippen molar-refractivity contribution in [2.75, 3.05) is 30.3 Å². The van der Waals surface area contributed by atoms with Gasteiger partial charge in [0.1, 0.15) is 0 Å². The number of anilines is 2. The van der Waals surface area contributed by atoms with Gasteiger partial charge in [-0.2, -0.15) is 0 Å². The summed E-state index contributed by atoms with van der Waals surface area (Å²) in [4.78, 5) is 14.0. The highest BCUT2D eigenvalue weighted by molar-refractivity contribution is 6.01. The number of nitrogens with two attached hydrogens (primary N) is 1. The SMILES string of the molecule is Nc1ccc2c(c1)CC(=O)N2CCC1CCCNC1. The number of nitrogens with zero attached hydrogens (tertiary/aromatic N) is 1. The number of benzene rings is 1. The predicted octanol–water partition coefficient (Wildman–Crippen LogP) is 1.55. The number of fused-ring (bicyclic) bond motifs is 1. The number of piperidine rings is 1. The first-order chi connectivity index (χ1) is 9.24. The molecule has 1 amide bonds. The topological polar surface area (TPSA) is 58.4 Å². The fourth-order valence-corrected chi connectivity index (χ4v) is 3.13. The first kappa shape index (κ1) is 12.5. The molecule has 2 heterocycles. The Balaban J connectivity index is 1.66. The molecule has 0 aromatic heterocycles. The summed E-state index contributed by atoms with van der Waals surface area (Å²) in [5, 5.41) is 3.43. The van der Waals surface area contributed by atoms with Crippen molar-refractivity contribution in [2.24, 2.45) is 5.92 Å². The van der Waals surface area contributed by atoms with Crippen LogP contribution in [0.1, 0.15) is 24.8 Å². The molecule has 19 heavy (non-hydrogen) atoms. The highest BCUT2D eigenvalue weighted by Crippen LogP contribution is 2.31. The van der Waals surface area contributed by atoms with Crippen molar-refractivity contribution < 1.29 is 4.79 Å². The van der Waals surface area contributed by atoms with Crippen LogP contribution in [-0.4, -0.2) is 25.5 Å². The average molecular weight is 259 g/mol. The summed E-state index contributed by atoms with van der Waals surface area (Å²) in [6.45, 7) is 3.07. The number of carbonyl (C=O) groups excluding carboxylic acids is 1. The van der Waals surface area contributed by atoms with Gasteiger partial charge in [0.2, 0.25) is 5.91 Å². The van der Waals surface area contributed by atoms with E-state index in [4.69, 9.17) is 5.73 Å². The molecule has 4 nitrogen and oxygen atoms in total. The van der Waals surface area contributed by atoms with Crippen molar-refractivity contribution in [1.29, 1.82) is 0 Å². The van der Waals surface area contributed by atoms with Crippen molar-refractivity contribution in [1.82, 2.24) is 5.32 Å². The van der Waals surface area contributed by atoms with Crippen LogP contribution in [0, 0.1) is 5.92 Å². The van der Waals surface area contributed by atoms with Crippen molar-refractivity contribution in [3.05, 3.63) is 23.8 Å². The van der Waals surface area contributed by atoms with E-state index in [1.807, 2.05) is 23.1 Å². The molecule has 2 aliphatic rings. The lowest BCUT2D eigenvalue weighted by atomic mass is 9.96. The molecule has 1 aromatic carbocycles. The van der Waals surface area contributed by atoms with E-state index in [-0.39, 0.29) is 5.91 Å². The lowest BCUT2D eigenvalue weighted by Gasteiger charge is -2.25. The minimum absolute atomic E-state index is 0.212. The van der Waals surface area contributed by atoms with Gasteiger partial charge in [0, 0.05) is 17.9 Å². The van der Waals surface area contributed by atoms with E-state index in [0.717, 1.165) is 43.0 Å². The van der Waals surface area contributed by atoms with Gasteiger partial charge in [-0.1, -0.05) is 0 Å². The predicted molar refractivity (Wildman–Crippen MR) is 77.1 cm³/mol. The summed E-state index contributed by atoms with van der Waals surface area (Å²) in [6.07, 6.45) is 4.13. The Morgan fingerprint density at radius 3 is 3.11 bits per heavy atom. The summed E-state index contributed by atoms with van der Waals surface area (Å²) < 4.78 is 0. The summed E-state index contributed by atoms with van der Waals surface area (Å²) in [6, 6.07) is 5.79. The second kappa shape index (κ2) is 5.21. The van der Waals surface area contributed by atoms with Crippen molar-refractivity contribution in [3.63, 3.8) is 0 Å². The summed E-state index contributed by atoms with van der Waals surface area (Å²) in [5.74, 6) is 0.920. The number of hydrogen-bond acceptors (Lipinski definition) is 3. The molecule has 0 saturated carbocycles. The average Bonchev–Trinajstić information content (AvgIpc) is 2.72. The Bertz CT molecular complexity index is 480. The molecule has 0 radical (unpaired) electrons. The Labute approximate surface area is 114 Å². The smallest absolute Gasteiger partial charge is 0.231 e. The molecule has 0 spiro atoms. The molecule has 2 aliphatic heterocycles. The molecular formula is C15H21N3O. The molecule has 1 atom stereocenters. The highest BCUT2D eigenvalue weighted by Gasteiger charge is 2.27. The molecule has 1 unspecified atom stereocenters. The van der Waals surface area contributed by atoms with Gasteiger partial charge in [-0.3, -0.25) is 4.79 Å². The van der Waals surface area contributed by atoms with Crippen LogP contribution in [0.4, 0.5) is 11.4 Å². The van der Waals surface area contributed by atoms with Crippen molar-refractivity contribution in [2.45, 2.75) is 25.7 Å². The van der Waals surface area contributed by atoms with Crippen LogP contribution < -0.4 is 16.0 Å². The zero-order chi connectivity index (χ0) is 13.2. The van der Waals surface area contributed by atoms with Gasteiger partial charge in [0.25, 0.3) is 0 Å². The molecule has 1 saturated heterocycles. The molecule has 0 bridgehead atoms. The zero-order valence-electron chi connectivity index (χ0n) is 11.2. The fourth-order valence-electron chi connectivity index (χ4n) is 3.13. The van der Waals surface area contributed by atoms with E-state index in [0.29, 0.717) is 12.3 Å². The number of nitrogen functional groups attached to an aromatic ring is 1. The number of rotatable bonds is 3. The third kappa shape index (κ3) is 2.59. The van der Waals surface area contributed by atoms with Crippen LogP contribution >= 0.6 is 0 Å². The van der Waals surface area contributed by atoms with Crippen LogP contribution in [0.25, 0.3) is 0 Å². The monoisotopic (exact) mass is 259 g/mol. The van der Waals surface area contributed by atoms with E-state index >= 15 is 0 Å². The van der Waals surface area contributed by atoms with Crippen molar-refractivity contribution >= 4 is 17.3 Å². The fraction of sp³-hybridized carbons (Fsp3) is 0.533. The van der Waals surface area contributed by atoms with Crippen LogP contribution in [0.3, 0.4) is 0 Å². The summed E-state index contributed by atoms with van der Waals surface area (Å²) in [7, 11) is 0. The van der Waals surface area contributed by atoms with Gasteiger partial charge in [-0.05, 0) is 62.0 Å². The number of hydrogen-bond donors (Lipinski definition) is 2. The zero-order valence-corrected chi connectivity index (χ0v) is 11.2. The van der Waals surface area contributed by atoms with E-state index in [9.17, 15) is 4.79 Å². The van der Waals surface area contributed by atoms with E-state index < -0.39 is 0 Å². The van der Waals surface area contributed by atoms with Gasteiger partial charge in [0.05, 0.1) is 6.42 Å². The third-order valence-corrected chi connectivity index (χ3v) is 4.20. The second-order valence-corrected chi connectivity index (χ2v) is 5.61. The van der Waals surface area contributed by atoms with Gasteiger partial charge in [-0.25, -0.2) is 0 Å². The standard InChI is InChI=1S/C15H21N3O/c16-13-3-4-14-12(8-13)9-15(19)18(14)7-5-11-2-1-6-17-10-11/h3-4,8,11,17H,1-2,5-7,9-10,16H2. The first-order valence-corrected chi connectivity index (χ1v) is 7.13. The maximum Gasteiger partial charge on any atom is 0.231 e. The minimum Gasteiger partial charge on any atom is -0.399 e. The van der Waals surface area contributed by atoms with Crippen LogP contribution in [0.5, 0.6) is 0 Å². The Morgan fingerprint density at radius 2 is 2.32 bits per heavy atom. The van der Waals surface area contributed by atoms with Crippen molar-refractivity contribution in [3.8, 4) is 0 Å². The largest absolute Gasteiger partial charge is 0.399 e. The second-order valence-electron chi connectivity index (χ2n) is 5.61. The molecule has 3 N–H and O–H groups in total. The van der Waals surface area contributed by atoms with Gasteiger partial charge in [0.15, 0.2) is 0 Å². The molecule has 102 valence electrons. The quantitative estimate of drug-likeness (QED) is 0.810. The molecule has 4 heteroatoms. The Hall–Kier alpha value is -1.55. The van der Waals surface area contributed by atoms with Gasteiger partial charge >= 0.3 is 0 Å². The van der Waals surface area contributed by atoms with E-state index in [1.165, 1.54) is 12.8 Å². The molecule has 1 fully saturated rings. The number of carbonyl (C=O) groups is 1. The number of amides is 1. The molecule has 3 rings (SSSR count). The Kier molecular flexibility index (Phi) is 3.42. The van der Waals surface area contributed by atoms with E-state index in [2.05, 4.69) is 5.32 Å². The van der Waals surface area contributed by atoms with Crippen LogP contribution in [0.15, 0.2) is 18.2 Å². The maximum atomic E-state index is 12.1. The summed E-state index contributed by atoms with van der Waals surface area (Å²) in [5.41, 5.74) is 8.65. The normalized spacial score (nSPS) is 22.6. The van der Waals surface area contributed by atoms with Gasteiger partial charge < -0.3 is 16.0 Å². The van der Waals surface area contributed by atoms with E-state index in [1.54, 1.807) is 0 Å². The van der Waals surface area contributed by atoms with Crippen LogP contribution in [0.2, 0.25) is 0 Å². The third-order valence-electron chi connectivity index (χ3n) is 4.20. The molecular weight excluding hydrogens is 238 g/mol. The number of nitrogens with one attached hydrogen (secondary N) is 1. The maximum absolute atomic E-state index is 12.1. The lowest BCUT2D eigenvalue weighted by Crippen LogP contribution is -2.34. The summed E-state index contributed by atoms with van der Waals surface area (Å²) >= 11 is 0. The molecule has 0 aliphatic carbocycles. The van der Waals surface area contributed by atoms with Crippen LogP contribution in [-0.2, 0) is 11.2 Å². The Morgan fingerprint density at radius 1 is 1.42 bits per heavy atom.